The van der Waals surface area contributed by atoms with Gasteiger partial charge in [-0.2, -0.15) is 0 Å². The number of carbonyl (C=O) groups excluding carboxylic acids is 1. The van der Waals surface area contributed by atoms with E-state index in [0.717, 1.165) is 25.7 Å². The van der Waals surface area contributed by atoms with Crippen molar-refractivity contribution in [2.24, 2.45) is 22.4 Å². The van der Waals surface area contributed by atoms with Gasteiger partial charge in [-0.25, -0.2) is 0 Å². The molecule has 2 N–H and O–H groups in total. The number of aromatic hydroxyl groups is 1. The van der Waals surface area contributed by atoms with Crippen molar-refractivity contribution in [1.29, 1.82) is 0 Å². The predicted octanol–water partition coefficient (Wildman–Crippen LogP) is 3.26. The van der Waals surface area contributed by atoms with E-state index in [1.54, 1.807) is 6.07 Å². The molecule has 0 heterocycles. The van der Waals surface area contributed by atoms with Crippen molar-refractivity contribution < 1.29 is 15.1 Å². The molecule has 2 saturated carbocycles. The van der Waals surface area contributed by atoms with Gasteiger partial charge in [0.15, 0.2) is 5.78 Å². The molecule has 0 radical (unpaired) electrons. The van der Waals surface area contributed by atoms with Crippen LogP contribution < -0.4 is 0 Å². The molecule has 0 spiro atoms. The average molecular weight is 299 g/mol. The fourth-order valence-electron chi connectivity index (χ4n) is 5.26. The van der Waals surface area contributed by atoms with Gasteiger partial charge in [-0.15, -0.1) is 0 Å². The number of hydrogen-bond donors (Lipinski definition) is 2. The number of oxime groups is 1. The van der Waals surface area contributed by atoms with E-state index in [1.165, 1.54) is 11.1 Å². The first-order chi connectivity index (χ1) is 10.5. The summed E-state index contributed by atoms with van der Waals surface area (Å²) in [6.45, 7) is 2.06. The molecule has 0 aromatic heterocycles. The molecule has 1 aromatic carbocycles. The van der Waals surface area contributed by atoms with Crippen molar-refractivity contribution in [3.05, 3.63) is 29.3 Å². The van der Waals surface area contributed by atoms with Crippen molar-refractivity contribution in [1.82, 2.24) is 0 Å². The third-order valence-corrected chi connectivity index (χ3v) is 6.41. The number of phenolic OH excluding ortho intramolecular Hbond substituents is 1. The average Bonchev–Trinajstić information content (AvgIpc) is 2.78. The highest BCUT2D eigenvalue weighted by molar-refractivity contribution is 6.43. The molecule has 0 aliphatic heterocycles. The molecule has 3 aliphatic rings. The van der Waals surface area contributed by atoms with E-state index in [0.29, 0.717) is 29.7 Å². The number of Topliss-reactive ketones (excluding diaryl/α,β-unsaturated/α-hetero) is 1. The van der Waals surface area contributed by atoms with Crippen LogP contribution in [-0.4, -0.2) is 21.8 Å². The van der Waals surface area contributed by atoms with Crippen molar-refractivity contribution in [2.45, 2.75) is 44.9 Å². The second kappa shape index (κ2) is 4.58. The first kappa shape index (κ1) is 13.8. The molecule has 0 amide bonds. The molecule has 4 rings (SSSR count). The number of hydrogen-bond acceptors (Lipinski definition) is 4. The molecular weight excluding hydrogens is 278 g/mol. The van der Waals surface area contributed by atoms with E-state index in [1.807, 2.05) is 6.07 Å². The van der Waals surface area contributed by atoms with Gasteiger partial charge in [0, 0.05) is 11.8 Å². The standard InChI is InChI=1S/C18H21NO3/c1-18-7-6-13-12-5-3-11(20)8-10(12)2-4-14(13)15(18)9-16(19-22)17(18)21/h3,5,8,13-15,20,22H,2,4,6-7,9H2,1H3/b19-16+/t13-,14-,15+,18-/m1/s1. The summed E-state index contributed by atoms with van der Waals surface area (Å²) in [7, 11) is 0. The van der Waals surface area contributed by atoms with E-state index in [-0.39, 0.29) is 17.1 Å². The maximum atomic E-state index is 12.5. The molecule has 0 saturated heterocycles. The predicted molar refractivity (Wildman–Crippen MR) is 82.3 cm³/mol. The fourth-order valence-corrected chi connectivity index (χ4v) is 5.26. The fraction of sp³-hybridized carbons (Fsp3) is 0.556. The Morgan fingerprint density at radius 1 is 1.32 bits per heavy atom. The molecular formula is C18H21NO3. The third kappa shape index (κ3) is 1.70. The van der Waals surface area contributed by atoms with Gasteiger partial charge in [0.2, 0.25) is 0 Å². The van der Waals surface area contributed by atoms with E-state index in [2.05, 4.69) is 18.1 Å². The highest BCUT2D eigenvalue weighted by Crippen LogP contribution is 2.59. The van der Waals surface area contributed by atoms with E-state index < -0.39 is 0 Å². The second-order valence-electron chi connectivity index (χ2n) is 7.33. The molecule has 3 aliphatic carbocycles. The summed E-state index contributed by atoms with van der Waals surface area (Å²) in [5.41, 5.74) is 2.62. The number of benzene rings is 1. The summed E-state index contributed by atoms with van der Waals surface area (Å²) in [4.78, 5) is 12.5. The summed E-state index contributed by atoms with van der Waals surface area (Å²) < 4.78 is 0. The monoisotopic (exact) mass is 299 g/mol. The van der Waals surface area contributed by atoms with Crippen LogP contribution in [0.5, 0.6) is 5.75 Å². The number of fused-ring (bicyclic) bond motifs is 5. The lowest BCUT2D eigenvalue weighted by Crippen LogP contribution is -2.42. The lowest BCUT2D eigenvalue weighted by molar-refractivity contribution is -0.125. The number of phenols is 1. The van der Waals surface area contributed by atoms with E-state index in [9.17, 15) is 9.90 Å². The SMILES string of the molecule is C[C@@]12CC[C@@H]3c4ccc(O)cc4CC[C@H]3[C@@H]1C/C(=N\O)C2=O. The van der Waals surface area contributed by atoms with Crippen LogP contribution >= 0.6 is 0 Å². The number of rotatable bonds is 0. The van der Waals surface area contributed by atoms with Gasteiger partial charge < -0.3 is 10.3 Å². The van der Waals surface area contributed by atoms with E-state index >= 15 is 0 Å². The Balaban J connectivity index is 1.74. The van der Waals surface area contributed by atoms with Gasteiger partial charge in [0.1, 0.15) is 11.5 Å². The molecule has 2 fully saturated rings. The molecule has 4 nitrogen and oxygen atoms in total. The highest BCUT2D eigenvalue weighted by Gasteiger charge is 2.57. The first-order valence-corrected chi connectivity index (χ1v) is 8.12. The molecule has 4 heteroatoms. The lowest BCUT2D eigenvalue weighted by Gasteiger charge is -2.47. The van der Waals surface area contributed by atoms with Crippen molar-refractivity contribution >= 4 is 11.5 Å². The Morgan fingerprint density at radius 2 is 2.14 bits per heavy atom. The number of nitrogens with zero attached hydrogens (tertiary/aromatic N) is 1. The Hall–Kier alpha value is -1.84. The van der Waals surface area contributed by atoms with E-state index in [4.69, 9.17) is 5.21 Å². The van der Waals surface area contributed by atoms with Crippen LogP contribution in [0.15, 0.2) is 23.4 Å². The van der Waals surface area contributed by atoms with Gasteiger partial charge >= 0.3 is 0 Å². The topological polar surface area (TPSA) is 69.9 Å². The van der Waals surface area contributed by atoms with Crippen LogP contribution in [0.1, 0.15) is 49.7 Å². The van der Waals surface area contributed by atoms with Gasteiger partial charge in [-0.1, -0.05) is 18.1 Å². The normalized spacial score (nSPS) is 38.5. The molecule has 116 valence electrons. The lowest BCUT2D eigenvalue weighted by atomic mass is 9.55. The zero-order valence-electron chi connectivity index (χ0n) is 12.7. The maximum absolute atomic E-state index is 12.5. The van der Waals surface area contributed by atoms with Gasteiger partial charge in [-0.3, -0.25) is 4.79 Å². The Morgan fingerprint density at radius 3 is 2.91 bits per heavy atom. The van der Waals surface area contributed by atoms with Gasteiger partial charge in [0.25, 0.3) is 0 Å². The van der Waals surface area contributed by atoms with Crippen LogP contribution in [0.2, 0.25) is 0 Å². The van der Waals surface area contributed by atoms with Crippen LogP contribution in [0.25, 0.3) is 0 Å². The number of ketones is 1. The molecule has 0 bridgehead atoms. The zero-order chi connectivity index (χ0) is 15.5. The minimum Gasteiger partial charge on any atom is -0.508 e. The summed E-state index contributed by atoms with van der Waals surface area (Å²) in [6.07, 6.45) is 4.47. The van der Waals surface area contributed by atoms with Crippen molar-refractivity contribution in [3.63, 3.8) is 0 Å². The quantitative estimate of drug-likeness (QED) is 0.570. The van der Waals surface area contributed by atoms with Crippen molar-refractivity contribution in [3.8, 4) is 5.75 Å². The summed E-state index contributed by atoms with van der Waals surface area (Å²) >= 11 is 0. The molecule has 22 heavy (non-hydrogen) atoms. The van der Waals surface area contributed by atoms with Crippen LogP contribution in [-0.2, 0) is 11.2 Å². The molecule has 4 atom stereocenters. The smallest absolute Gasteiger partial charge is 0.186 e. The minimum absolute atomic E-state index is 0.0509. The van der Waals surface area contributed by atoms with Crippen LogP contribution in [0.4, 0.5) is 0 Å². The van der Waals surface area contributed by atoms with Gasteiger partial charge in [-0.05, 0) is 66.7 Å². The Kier molecular flexibility index (Phi) is 2.87. The summed E-state index contributed by atoms with van der Waals surface area (Å²) in [6, 6.07) is 5.72. The summed E-state index contributed by atoms with van der Waals surface area (Å²) in [5, 5.41) is 22.1. The van der Waals surface area contributed by atoms with Crippen LogP contribution in [0.3, 0.4) is 0 Å². The number of carbonyl (C=O) groups is 1. The Bertz CT molecular complexity index is 681. The zero-order valence-corrected chi connectivity index (χ0v) is 12.7. The molecule has 1 aromatic rings. The highest BCUT2D eigenvalue weighted by atomic mass is 16.4. The largest absolute Gasteiger partial charge is 0.508 e. The number of aryl methyl sites for hydroxylation is 1. The first-order valence-electron chi connectivity index (χ1n) is 8.12. The minimum atomic E-state index is -0.350. The van der Waals surface area contributed by atoms with Crippen LogP contribution in [0, 0.1) is 17.3 Å². The summed E-state index contributed by atoms with van der Waals surface area (Å²) in [5.74, 6) is 1.61. The molecule has 0 unspecified atom stereocenters. The van der Waals surface area contributed by atoms with Crippen molar-refractivity contribution in [2.75, 3.05) is 0 Å². The second-order valence-corrected chi connectivity index (χ2v) is 7.33. The third-order valence-electron chi connectivity index (χ3n) is 6.41. The van der Waals surface area contributed by atoms with Gasteiger partial charge in [0.05, 0.1) is 0 Å². The maximum Gasteiger partial charge on any atom is 0.186 e. The Labute approximate surface area is 129 Å².